The number of hydrogen-bond acceptors (Lipinski definition) is 10. The SMILES string of the molecule is N#CP1(Oc2ccccc2)=NP(Oc2ccccc2)N(Oc2ccccc2)[PH](C#N)(Oc2ccccc2)N1Oc1ccccc1. The van der Waals surface area contributed by atoms with Crippen molar-refractivity contribution in [3.05, 3.63) is 152 Å². The van der Waals surface area contributed by atoms with Crippen molar-refractivity contribution < 1.29 is 23.2 Å². The number of benzene rings is 5. The number of hydrogen-bond donors (Lipinski definition) is 0. The fraction of sp³-hybridized carbons (Fsp3) is 0. The molecule has 0 bridgehead atoms. The first kappa shape index (κ1) is 30.1. The molecule has 6 rings (SSSR count). The molecule has 0 aliphatic carbocycles. The van der Waals surface area contributed by atoms with Gasteiger partial charge in [0.1, 0.15) is 0 Å². The van der Waals surface area contributed by atoms with Crippen LogP contribution in [0.4, 0.5) is 0 Å². The van der Waals surface area contributed by atoms with Crippen LogP contribution in [-0.2, 0) is 0 Å². The van der Waals surface area contributed by atoms with Crippen LogP contribution in [-0.4, -0.2) is 9.21 Å². The Balaban J connectivity index is 1.62. The van der Waals surface area contributed by atoms with Crippen molar-refractivity contribution in [2.24, 2.45) is 4.52 Å². The van der Waals surface area contributed by atoms with E-state index >= 15 is 0 Å². The first-order valence-electron chi connectivity index (χ1n) is 13.7. The zero-order chi connectivity index (χ0) is 31.0. The first-order valence-corrected chi connectivity index (χ1v) is 18.3. The van der Waals surface area contributed by atoms with Crippen LogP contribution >= 0.6 is 23.7 Å². The first-order chi connectivity index (χ1) is 22.1. The molecule has 0 saturated heterocycles. The molecule has 0 fully saturated rings. The second-order valence-electron chi connectivity index (χ2n) is 9.28. The van der Waals surface area contributed by atoms with Gasteiger partial charge in [-0.15, -0.1) is 0 Å². The summed E-state index contributed by atoms with van der Waals surface area (Å²) < 4.78 is 27.1. The van der Waals surface area contributed by atoms with Gasteiger partial charge in [-0.3, -0.25) is 0 Å². The molecule has 0 spiro atoms. The molecule has 0 saturated carbocycles. The summed E-state index contributed by atoms with van der Waals surface area (Å²) in [7, 11) is -10.7. The van der Waals surface area contributed by atoms with Crippen LogP contribution < -0.4 is 23.2 Å². The van der Waals surface area contributed by atoms with Gasteiger partial charge in [-0.25, -0.2) is 0 Å². The van der Waals surface area contributed by atoms with Crippen LogP contribution in [0, 0.1) is 22.1 Å². The van der Waals surface area contributed by atoms with Crippen molar-refractivity contribution in [1.29, 1.82) is 10.5 Å². The van der Waals surface area contributed by atoms with Crippen LogP contribution in [0.5, 0.6) is 28.7 Å². The zero-order valence-electron chi connectivity index (χ0n) is 23.6. The predicted octanol–water partition coefficient (Wildman–Crippen LogP) is 9.54. The molecule has 13 heteroatoms. The third kappa shape index (κ3) is 6.63. The quantitative estimate of drug-likeness (QED) is 0.136. The van der Waals surface area contributed by atoms with Crippen molar-refractivity contribution in [1.82, 2.24) is 9.21 Å². The standard InChI is InChI=1S/C32H26N5O5P3/c33-26-44(41-31-22-12-4-13-23-31)35-43(40-30-20-10-3-11-21-30)36(38-28-16-6-1-7-17-28)45(27-34,42-32-24-14-5-15-25-32)37(44)39-29-18-8-2-9-19-29/h1-25,45H. The summed E-state index contributed by atoms with van der Waals surface area (Å²) in [4.78, 5) is 12.9. The summed E-state index contributed by atoms with van der Waals surface area (Å²) in [6, 6.07) is 44.3. The Morgan fingerprint density at radius 1 is 0.578 bits per heavy atom. The summed E-state index contributed by atoms with van der Waals surface area (Å²) in [6.45, 7) is 0. The molecule has 2 atom stereocenters. The van der Waals surface area contributed by atoms with E-state index in [9.17, 15) is 10.5 Å². The summed E-state index contributed by atoms with van der Waals surface area (Å²) in [5.74, 6) is 6.56. The molecule has 10 nitrogen and oxygen atoms in total. The van der Waals surface area contributed by atoms with Gasteiger partial charge in [0, 0.05) is 0 Å². The molecule has 45 heavy (non-hydrogen) atoms. The summed E-state index contributed by atoms with van der Waals surface area (Å²) in [6.07, 6.45) is 0. The molecule has 5 aromatic rings. The van der Waals surface area contributed by atoms with E-state index in [0.29, 0.717) is 28.7 Å². The second-order valence-corrected chi connectivity index (χ2v) is 16.1. The number of nitrogens with zero attached hydrogens (tertiary/aromatic N) is 5. The molecule has 1 aliphatic rings. The fourth-order valence-electron chi connectivity index (χ4n) is 4.16. The van der Waals surface area contributed by atoms with E-state index in [0.717, 1.165) is 0 Å². The normalized spacial score (nSPS) is 19.8. The third-order valence-electron chi connectivity index (χ3n) is 6.17. The van der Waals surface area contributed by atoms with Crippen LogP contribution in [0.25, 0.3) is 0 Å². The maximum atomic E-state index is 11.3. The van der Waals surface area contributed by atoms with Crippen molar-refractivity contribution in [3.63, 3.8) is 0 Å². The maximum absolute atomic E-state index is 11.3. The number of nitriles is 2. The Bertz CT molecular complexity index is 1850. The van der Waals surface area contributed by atoms with Crippen LogP contribution in [0.1, 0.15) is 0 Å². The van der Waals surface area contributed by atoms with Crippen molar-refractivity contribution >= 4 is 23.7 Å². The van der Waals surface area contributed by atoms with Gasteiger partial charge in [0.2, 0.25) is 0 Å². The van der Waals surface area contributed by atoms with E-state index in [1.165, 1.54) is 9.21 Å². The van der Waals surface area contributed by atoms with Crippen LogP contribution in [0.2, 0.25) is 0 Å². The van der Waals surface area contributed by atoms with E-state index in [2.05, 4.69) is 11.6 Å². The molecule has 0 amide bonds. The molecule has 0 aromatic heterocycles. The summed E-state index contributed by atoms with van der Waals surface area (Å²) >= 11 is 0. The fourth-order valence-corrected chi connectivity index (χ4v) is 13.5. The van der Waals surface area contributed by atoms with Gasteiger partial charge >= 0.3 is 263 Å². The molecule has 0 radical (unpaired) electrons. The average molecular weight is 654 g/mol. The third-order valence-corrected chi connectivity index (χ3v) is 14.8. The minimum absolute atomic E-state index is 0.336. The van der Waals surface area contributed by atoms with E-state index in [-0.39, 0.29) is 0 Å². The van der Waals surface area contributed by atoms with E-state index in [1.807, 2.05) is 42.5 Å². The van der Waals surface area contributed by atoms with E-state index in [4.69, 9.17) is 27.8 Å². The summed E-state index contributed by atoms with van der Waals surface area (Å²) in [5, 5.41) is 22.3. The van der Waals surface area contributed by atoms with Crippen LogP contribution in [0.15, 0.2) is 156 Å². The Morgan fingerprint density at radius 2 is 1.02 bits per heavy atom. The average Bonchev–Trinajstić information content (AvgIpc) is 3.10. The van der Waals surface area contributed by atoms with Crippen LogP contribution in [0.3, 0.4) is 0 Å². The Hall–Kier alpha value is -4.91. The Morgan fingerprint density at radius 3 is 1.51 bits per heavy atom. The van der Waals surface area contributed by atoms with Crippen molar-refractivity contribution in [2.45, 2.75) is 0 Å². The molecule has 1 aliphatic heterocycles. The minimum atomic E-state index is -4.51. The zero-order valence-corrected chi connectivity index (χ0v) is 26.4. The Kier molecular flexibility index (Phi) is 9.24. The van der Waals surface area contributed by atoms with Gasteiger partial charge in [-0.1, -0.05) is 0 Å². The second kappa shape index (κ2) is 13.8. The predicted molar refractivity (Wildman–Crippen MR) is 175 cm³/mol. The van der Waals surface area contributed by atoms with Gasteiger partial charge < -0.3 is 0 Å². The van der Waals surface area contributed by atoms with Gasteiger partial charge in [-0.2, -0.15) is 0 Å². The van der Waals surface area contributed by atoms with Gasteiger partial charge in [0.25, 0.3) is 0 Å². The molecule has 1 heterocycles. The molecule has 5 aromatic carbocycles. The van der Waals surface area contributed by atoms with Gasteiger partial charge in [-0.05, 0) is 0 Å². The van der Waals surface area contributed by atoms with E-state index < -0.39 is 23.7 Å². The molecule has 2 unspecified atom stereocenters. The number of para-hydroxylation sites is 5. The number of rotatable bonds is 10. The van der Waals surface area contributed by atoms with Crippen molar-refractivity contribution in [3.8, 4) is 40.4 Å². The monoisotopic (exact) mass is 653 g/mol. The van der Waals surface area contributed by atoms with Gasteiger partial charge in [0.15, 0.2) is 0 Å². The molecule has 0 N–H and O–H groups in total. The van der Waals surface area contributed by atoms with Crippen molar-refractivity contribution in [2.75, 3.05) is 0 Å². The summed E-state index contributed by atoms with van der Waals surface area (Å²) in [5.41, 5.74) is 0. The Labute approximate surface area is 262 Å². The van der Waals surface area contributed by atoms with E-state index in [1.54, 1.807) is 109 Å². The van der Waals surface area contributed by atoms with Gasteiger partial charge in [0.05, 0.1) is 0 Å². The molecular weight excluding hydrogens is 627 g/mol. The topological polar surface area (TPSA) is 113 Å². The molecular formula is C32H26N5O5P3. The molecule has 224 valence electrons.